The zero-order valence-electron chi connectivity index (χ0n) is 18.1. The third-order valence-electron chi connectivity index (χ3n) is 4.75. The summed E-state index contributed by atoms with van der Waals surface area (Å²) in [5, 5.41) is 0. The summed E-state index contributed by atoms with van der Waals surface area (Å²) in [6, 6.07) is 31.5. The number of rotatable bonds is 8. The van der Waals surface area contributed by atoms with Gasteiger partial charge in [0.1, 0.15) is 11.7 Å². The first-order chi connectivity index (χ1) is 13.8. The minimum atomic E-state index is -1.98. The van der Waals surface area contributed by atoms with Gasteiger partial charge in [-0.2, -0.15) is 0 Å². The van der Waals surface area contributed by atoms with E-state index in [9.17, 15) is 0 Å². The molecule has 0 amide bonds. The molecule has 0 spiro atoms. The van der Waals surface area contributed by atoms with Crippen LogP contribution >= 0.6 is 0 Å². The summed E-state index contributed by atoms with van der Waals surface area (Å²) in [7, 11) is -1.98. The molecule has 2 nitrogen and oxygen atoms in total. The van der Waals surface area contributed by atoms with E-state index in [0.29, 0.717) is 0 Å². The van der Waals surface area contributed by atoms with Crippen LogP contribution < -0.4 is 0 Å². The first-order valence-electron chi connectivity index (χ1n) is 10.3. The molecule has 3 rings (SSSR count). The molecule has 1 unspecified atom stereocenters. The maximum absolute atomic E-state index is 7.13. The van der Waals surface area contributed by atoms with Gasteiger partial charge in [-0.05, 0) is 50.2 Å². The molecule has 0 heterocycles. The molecule has 0 aliphatic rings. The number of benzene rings is 3. The fraction of sp³-hybridized carbons (Fsp3) is 0.308. The maximum Gasteiger partial charge on any atom is 0.185 e. The molecule has 0 saturated heterocycles. The van der Waals surface area contributed by atoms with E-state index in [1.165, 1.54) is 0 Å². The molecule has 0 aliphatic heterocycles. The van der Waals surface area contributed by atoms with E-state index in [1.807, 2.05) is 6.07 Å². The largest absolute Gasteiger partial charge is 0.401 e. The Morgan fingerprint density at radius 2 is 1.07 bits per heavy atom. The normalized spacial score (nSPS) is 13.4. The predicted molar refractivity (Wildman–Crippen MR) is 123 cm³/mol. The van der Waals surface area contributed by atoms with Crippen molar-refractivity contribution in [3.8, 4) is 0 Å². The van der Waals surface area contributed by atoms with E-state index in [2.05, 4.69) is 118 Å². The second-order valence-electron chi connectivity index (χ2n) is 8.66. The summed E-state index contributed by atoms with van der Waals surface area (Å²) in [6.07, 6.45) is -0.225. The lowest BCUT2D eigenvalue weighted by Gasteiger charge is -2.46. The van der Waals surface area contributed by atoms with Crippen molar-refractivity contribution in [3.05, 3.63) is 108 Å². The van der Waals surface area contributed by atoms with Crippen LogP contribution in [0.25, 0.3) is 0 Å². The summed E-state index contributed by atoms with van der Waals surface area (Å²) < 4.78 is 13.8. The Bertz CT molecular complexity index is 831. The fourth-order valence-electron chi connectivity index (χ4n) is 3.80. The molecule has 0 bridgehead atoms. The number of ether oxygens (including phenoxy) is 1. The highest BCUT2D eigenvalue weighted by Gasteiger charge is 2.48. The first-order valence-corrected chi connectivity index (χ1v) is 13.8. The molecule has 0 fully saturated rings. The van der Waals surface area contributed by atoms with E-state index < -0.39 is 13.9 Å². The van der Waals surface area contributed by atoms with E-state index in [-0.39, 0.29) is 12.2 Å². The first kappa shape index (κ1) is 21.5. The van der Waals surface area contributed by atoms with Crippen molar-refractivity contribution in [3.63, 3.8) is 0 Å². The van der Waals surface area contributed by atoms with Crippen molar-refractivity contribution >= 4 is 8.32 Å². The SMILES string of the molecule is CC(C)OC(c1ccccc1)C(O[Si](C)(C)C)(c1ccccc1)c1ccccc1. The standard InChI is InChI=1S/C26H32O2Si/c1-21(2)27-25(22-15-9-6-10-16-22)26(28-29(3,4)5,23-17-11-7-12-18-23)24-19-13-8-14-20-24/h6-21,25H,1-5H3. The molecule has 0 saturated carbocycles. The summed E-state index contributed by atoms with van der Waals surface area (Å²) in [5.74, 6) is 0. The Balaban J connectivity index is 2.35. The summed E-state index contributed by atoms with van der Waals surface area (Å²) in [5.41, 5.74) is 2.61. The smallest absolute Gasteiger partial charge is 0.185 e. The quantitative estimate of drug-likeness (QED) is 0.378. The molecule has 29 heavy (non-hydrogen) atoms. The highest BCUT2D eigenvalue weighted by atomic mass is 28.4. The molecule has 0 N–H and O–H groups in total. The molecule has 1 atom stereocenters. The van der Waals surface area contributed by atoms with Gasteiger partial charge in [-0.15, -0.1) is 0 Å². The highest BCUT2D eigenvalue weighted by Crippen LogP contribution is 2.48. The average molecular weight is 405 g/mol. The van der Waals surface area contributed by atoms with Gasteiger partial charge >= 0.3 is 0 Å². The van der Waals surface area contributed by atoms with Crippen molar-refractivity contribution in [2.45, 2.75) is 51.3 Å². The predicted octanol–water partition coefficient (Wildman–Crippen LogP) is 6.95. The van der Waals surface area contributed by atoms with Crippen molar-refractivity contribution < 1.29 is 9.16 Å². The van der Waals surface area contributed by atoms with E-state index in [1.54, 1.807) is 0 Å². The van der Waals surface area contributed by atoms with Crippen LogP contribution in [0.3, 0.4) is 0 Å². The van der Waals surface area contributed by atoms with Gasteiger partial charge < -0.3 is 9.16 Å². The molecule has 3 heteroatoms. The van der Waals surface area contributed by atoms with Crippen molar-refractivity contribution in [2.24, 2.45) is 0 Å². The topological polar surface area (TPSA) is 18.5 Å². The minimum absolute atomic E-state index is 0.0530. The van der Waals surface area contributed by atoms with Gasteiger partial charge in [0.25, 0.3) is 0 Å². The van der Waals surface area contributed by atoms with Gasteiger partial charge in [-0.1, -0.05) is 91.0 Å². The summed E-state index contributed by atoms with van der Waals surface area (Å²) in [6.45, 7) is 10.9. The Hall–Kier alpha value is -2.20. The van der Waals surface area contributed by atoms with Gasteiger partial charge in [0.15, 0.2) is 8.32 Å². The van der Waals surface area contributed by atoms with Crippen LogP contribution in [-0.4, -0.2) is 14.4 Å². The second-order valence-corrected chi connectivity index (χ2v) is 13.1. The summed E-state index contributed by atoms with van der Waals surface area (Å²) in [4.78, 5) is 0. The lowest BCUT2D eigenvalue weighted by molar-refractivity contribution is -0.105. The maximum atomic E-state index is 7.13. The molecule has 0 aliphatic carbocycles. The van der Waals surface area contributed by atoms with E-state index >= 15 is 0 Å². The molecule has 0 radical (unpaired) electrons. The van der Waals surface area contributed by atoms with Gasteiger partial charge in [-0.3, -0.25) is 0 Å². The van der Waals surface area contributed by atoms with Crippen LogP contribution in [0.15, 0.2) is 91.0 Å². The molecule has 3 aromatic rings. The van der Waals surface area contributed by atoms with Crippen LogP contribution in [0.4, 0.5) is 0 Å². The molecule has 152 valence electrons. The van der Waals surface area contributed by atoms with Crippen LogP contribution in [0.1, 0.15) is 36.6 Å². The lowest BCUT2D eigenvalue weighted by atomic mass is 9.78. The highest BCUT2D eigenvalue weighted by molar-refractivity contribution is 6.69. The van der Waals surface area contributed by atoms with Crippen LogP contribution in [0, 0.1) is 0 Å². The van der Waals surface area contributed by atoms with Crippen LogP contribution in [0.2, 0.25) is 19.6 Å². The fourth-order valence-corrected chi connectivity index (χ4v) is 5.11. The van der Waals surface area contributed by atoms with Gasteiger partial charge in [0.05, 0.1) is 6.10 Å². The van der Waals surface area contributed by atoms with Gasteiger partial charge in [0.2, 0.25) is 0 Å². The Kier molecular flexibility index (Phi) is 6.73. The Labute approximate surface area is 176 Å². The van der Waals surface area contributed by atoms with Crippen LogP contribution in [-0.2, 0) is 14.8 Å². The lowest BCUT2D eigenvalue weighted by Crippen LogP contribution is -2.47. The van der Waals surface area contributed by atoms with Gasteiger partial charge in [0, 0.05) is 0 Å². The van der Waals surface area contributed by atoms with E-state index in [4.69, 9.17) is 9.16 Å². The monoisotopic (exact) mass is 404 g/mol. The van der Waals surface area contributed by atoms with Crippen molar-refractivity contribution in [1.29, 1.82) is 0 Å². The zero-order chi connectivity index (χ0) is 20.9. The van der Waals surface area contributed by atoms with Crippen molar-refractivity contribution in [2.75, 3.05) is 0 Å². The third-order valence-corrected chi connectivity index (χ3v) is 5.69. The average Bonchev–Trinajstić information content (AvgIpc) is 2.71. The Morgan fingerprint density at radius 1 is 0.655 bits per heavy atom. The van der Waals surface area contributed by atoms with Gasteiger partial charge in [-0.25, -0.2) is 0 Å². The summed E-state index contributed by atoms with van der Waals surface area (Å²) >= 11 is 0. The second kappa shape index (κ2) is 9.08. The Morgan fingerprint density at radius 3 is 1.45 bits per heavy atom. The minimum Gasteiger partial charge on any atom is -0.401 e. The molecule has 3 aromatic carbocycles. The third kappa shape index (κ3) is 5.05. The number of hydrogen-bond acceptors (Lipinski definition) is 2. The number of hydrogen-bond donors (Lipinski definition) is 0. The molecular formula is C26H32O2Si. The molecule has 0 aromatic heterocycles. The van der Waals surface area contributed by atoms with E-state index in [0.717, 1.165) is 16.7 Å². The zero-order valence-corrected chi connectivity index (χ0v) is 19.1. The van der Waals surface area contributed by atoms with Crippen LogP contribution in [0.5, 0.6) is 0 Å². The van der Waals surface area contributed by atoms with Crippen molar-refractivity contribution in [1.82, 2.24) is 0 Å². The molecular weight excluding hydrogens is 372 g/mol.